The Labute approximate surface area is 101 Å². The third-order valence-corrected chi connectivity index (χ3v) is 2.47. The quantitative estimate of drug-likeness (QED) is 0.886. The predicted molar refractivity (Wildman–Crippen MR) is 59.8 cm³/mol. The molecular formula is C12H11F3N2O. The zero-order chi connectivity index (χ0) is 13.2. The Hall–Kier alpha value is -1.82. The maximum absolute atomic E-state index is 12.5. The molecule has 2 rings (SSSR count). The number of nitrogens with one attached hydrogen (secondary N) is 1. The van der Waals surface area contributed by atoms with Crippen molar-refractivity contribution in [3.05, 3.63) is 41.7 Å². The van der Waals surface area contributed by atoms with Crippen molar-refractivity contribution in [2.75, 3.05) is 6.61 Å². The standard InChI is InChI=1S/C12H11F3N2O/c13-12(14,15)9-3-1-2-8(6-9)11-16-7-10(17-11)4-5-18/h1-3,6-7,18H,4-5H2,(H,16,17). The van der Waals surface area contributed by atoms with Gasteiger partial charge in [0, 0.05) is 30.5 Å². The highest BCUT2D eigenvalue weighted by Crippen LogP contribution is 2.31. The summed E-state index contributed by atoms with van der Waals surface area (Å²) in [5.74, 6) is 0.365. The summed E-state index contributed by atoms with van der Waals surface area (Å²) in [5.41, 5.74) is 0.346. The molecule has 0 spiro atoms. The van der Waals surface area contributed by atoms with E-state index < -0.39 is 11.7 Å². The Morgan fingerprint density at radius 1 is 1.28 bits per heavy atom. The van der Waals surface area contributed by atoms with E-state index in [1.807, 2.05) is 0 Å². The highest BCUT2D eigenvalue weighted by atomic mass is 19.4. The number of aliphatic hydroxyl groups excluding tert-OH is 1. The lowest BCUT2D eigenvalue weighted by Crippen LogP contribution is -2.04. The minimum atomic E-state index is -4.36. The van der Waals surface area contributed by atoms with E-state index in [9.17, 15) is 13.2 Å². The molecule has 0 atom stereocenters. The van der Waals surface area contributed by atoms with E-state index in [-0.39, 0.29) is 6.61 Å². The van der Waals surface area contributed by atoms with Crippen molar-refractivity contribution in [1.29, 1.82) is 0 Å². The number of H-pyrrole nitrogens is 1. The van der Waals surface area contributed by atoms with Crippen LogP contribution in [-0.2, 0) is 12.6 Å². The topological polar surface area (TPSA) is 48.9 Å². The Morgan fingerprint density at radius 3 is 2.72 bits per heavy atom. The van der Waals surface area contributed by atoms with Gasteiger partial charge in [-0.1, -0.05) is 12.1 Å². The summed E-state index contributed by atoms with van der Waals surface area (Å²) in [4.78, 5) is 6.86. The van der Waals surface area contributed by atoms with Gasteiger partial charge in [-0.2, -0.15) is 13.2 Å². The van der Waals surface area contributed by atoms with Crippen molar-refractivity contribution in [2.24, 2.45) is 0 Å². The van der Waals surface area contributed by atoms with Gasteiger partial charge >= 0.3 is 6.18 Å². The zero-order valence-corrected chi connectivity index (χ0v) is 9.33. The van der Waals surface area contributed by atoms with Crippen LogP contribution >= 0.6 is 0 Å². The zero-order valence-electron chi connectivity index (χ0n) is 9.33. The maximum Gasteiger partial charge on any atom is 0.416 e. The molecule has 0 bridgehead atoms. The number of rotatable bonds is 3. The Balaban J connectivity index is 2.32. The van der Waals surface area contributed by atoms with Crippen LogP contribution < -0.4 is 0 Å². The van der Waals surface area contributed by atoms with Gasteiger partial charge in [0.2, 0.25) is 0 Å². The normalized spacial score (nSPS) is 11.8. The lowest BCUT2D eigenvalue weighted by Gasteiger charge is -2.07. The molecule has 0 saturated carbocycles. The molecule has 1 aromatic heterocycles. The van der Waals surface area contributed by atoms with E-state index in [1.54, 1.807) is 6.07 Å². The summed E-state index contributed by atoms with van der Waals surface area (Å²) in [6.07, 6.45) is -2.46. The second-order valence-electron chi connectivity index (χ2n) is 3.81. The molecule has 0 saturated heterocycles. The summed E-state index contributed by atoms with van der Waals surface area (Å²) >= 11 is 0. The first-order valence-corrected chi connectivity index (χ1v) is 5.33. The van der Waals surface area contributed by atoms with Crippen molar-refractivity contribution >= 4 is 0 Å². The molecule has 1 heterocycles. The van der Waals surface area contributed by atoms with E-state index in [2.05, 4.69) is 9.97 Å². The molecule has 96 valence electrons. The van der Waals surface area contributed by atoms with Gasteiger partial charge in [0.15, 0.2) is 0 Å². The average molecular weight is 256 g/mol. The van der Waals surface area contributed by atoms with Crippen molar-refractivity contribution < 1.29 is 18.3 Å². The van der Waals surface area contributed by atoms with Gasteiger partial charge in [0.25, 0.3) is 0 Å². The molecule has 0 amide bonds. The molecule has 3 nitrogen and oxygen atoms in total. The lowest BCUT2D eigenvalue weighted by atomic mass is 10.1. The van der Waals surface area contributed by atoms with Gasteiger partial charge < -0.3 is 10.1 Å². The Morgan fingerprint density at radius 2 is 2.06 bits per heavy atom. The van der Waals surface area contributed by atoms with E-state index in [0.717, 1.165) is 12.1 Å². The summed E-state index contributed by atoms with van der Waals surface area (Å²) < 4.78 is 37.6. The van der Waals surface area contributed by atoms with Crippen LogP contribution in [0.4, 0.5) is 13.2 Å². The highest BCUT2D eigenvalue weighted by Gasteiger charge is 2.30. The second-order valence-corrected chi connectivity index (χ2v) is 3.81. The van der Waals surface area contributed by atoms with Gasteiger partial charge in [-0.3, -0.25) is 0 Å². The first-order chi connectivity index (χ1) is 8.50. The van der Waals surface area contributed by atoms with Gasteiger partial charge in [0.05, 0.1) is 5.56 Å². The average Bonchev–Trinajstić information content (AvgIpc) is 2.77. The number of aromatic amines is 1. The molecule has 2 aromatic rings. The molecule has 18 heavy (non-hydrogen) atoms. The smallest absolute Gasteiger partial charge is 0.396 e. The first-order valence-electron chi connectivity index (χ1n) is 5.33. The number of aliphatic hydroxyl groups is 1. The van der Waals surface area contributed by atoms with Crippen LogP contribution in [0.1, 0.15) is 11.3 Å². The van der Waals surface area contributed by atoms with E-state index >= 15 is 0 Å². The summed E-state index contributed by atoms with van der Waals surface area (Å²) in [6, 6.07) is 4.95. The van der Waals surface area contributed by atoms with Crippen molar-refractivity contribution in [2.45, 2.75) is 12.6 Å². The molecular weight excluding hydrogens is 245 g/mol. The molecule has 0 unspecified atom stereocenters. The summed E-state index contributed by atoms with van der Waals surface area (Å²) in [7, 11) is 0. The van der Waals surface area contributed by atoms with Crippen LogP contribution in [-0.4, -0.2) is 21.7 Å². The van der Waals surface area contributed by atoms with Crippen molar-refractivity contribution in [3.63, 3.8) is 0 Å². The summed E-state index contributed by atoms with van der Waals surface area (Å²) in [6.45, 7) is -0.0375. The molecule has 0 aliphatic heterocycles. The van der Waals surface area contributed by atoms with Gasteiger partial charge in [0.1, 0.15) is 5.82 Å². The van der Waals surface area contributed by atoms with E-state index in [4.69, 9.17) is 5.11 Å². The highest BCUT2D eigenvalue weighted by molar-refractivity contribution is 5.56. The van der Waals surface area contributed by atoms with Gasteiger partial charge in [-0.05, 0) is 12.1 Å². The number of benzene rings is 1. The third kappa shape index (κ3) is 2.70. The molecule has 1 aromatic carbocycles. The first kappa shape index (κ1) is 12.6. The van der Waals surface area contributed by atoms with Crippen LogP contribution in [0.5, 0.6) is 0 Å². The predicted octanol–water partition coefficient (Wildman–Crippen LogP) is 2.63. The maximum atomic E-state index is 12.5. The Bertz CT molecular complexity index is 534. The van der Waals surface area contributed by atoms with Gasteiger partial charge in [-0.25, -0.2) is 4.98 Å². The number of halogens is 3. The molecule has 2 N–H and O–H groups in total. The van der Waals surface area contributed by atoms with E-state index in [1.165, 1.54) is 12.3 Å². The van der Waals surface area contributed by atoms with Crippen molar-refractivity contribution in [3.8, 4) is 11.4 Å². The van der Waals surface area contributed by atoms with Crippen LogP contribution in [0.3, 0.4) is 0 Å². The van der Waals surface area contributed by atoms with Crippen LogP contribution in [0, 0.1) is 0 Å². The SMILES string of the molecule is OCCc1cnc(-c2cccc(C(F)(F)F)c2)[nH]1. The number of hydrogen-bond acceptors (Lipinski definition) is 2. The molecule has 0 radical (unpaired) electrons. The third-order valence-electron chi connectivity index (χ3n) is 2.47. The number of nitrogens with zero attached hydrogens (tertiary/aromatic N) is 1. The Kier molecular flexibility index (Phi) is 3.38. The number of aromatic nitrogens is 2. The fourth-order valence-corrected chi connectivity index (χ4v) is 1.60. The molecule has 0 fully saturated rings. The van der Waals surface area contributed by atoms with Crippen LogP contribution in [0.2, 0.25) is 0 Å². The second kappa shape index (κ2) is 4.81. The van der Waals surface area contributed by atoms with E-state index in [0.29, 0.717) is 23.5 Å². The number of hydrogen-bond donors (Lipinski definition) is 2. The summed E-state index contributed by atoms with van der Waals surface area (Å²) in [5, 5.41) is 8.75. The molecule has 0 aliphatic rings. The fraction of sp³-hybridized carbons (Fsp3) is 0.250. The minimum absolute atomic E-state index is 0.0375. The number of imidazole rings is 1. The largest absolute Gasteiger partial charge is 0.416 e. The molecule has 6 heteroatoms. The molecule has 0 aliphatic carbocycles. The number of alkyl halides is 3. The minimum Gasteiger partial charge on any atom is -0.396 e. The monoisotopic (exact) mass is 256 g/mol. The van der Waals surface area contributed by atoms with Crippen LogP contribution in [0.25, 0.3) is 11.4 Å². The van der Waals surface area contributed by atoms with Crippen molar-refractivity contribution in [1.82, 2.24) is 9.97 Å². The fourth-order valence-electron chi connectivity index (χ4n) is 1.60. The van der Waals surface area contributed by atoms with Gasteiger partial charge in [-0.15, -0.1) is 0 Å². The lowest BCUT2D eigenvalue weighted by molar-refractivity contribution is -0.137. The van der Waals surface area contributed by atoms with Crippen LogP contribution in [0.15, 0.2) is 30.5 Å².